The number of ether oxygens (including phenoxy) is 1. The fraction of sp³-hybridized carbons (Fsp3) is 0. The fourth-order valence-electron chi connectivity index (χ4n) is 1.84. The highest BCUT2D eigenvalue weighted by Gasteiger charge is 2.08. The minimum Gasteiger partial charge on any atom is -0.437 e. The van der Waals surface area contributed by atoms with Crippen molar-refractivity contribution in [1.29, 1.82) is 0 Å². The lowest BCUT2D eigenvalue weighted by atomic mass is 10.2. The van der Waals surface area contributed by atoms with Crippen LogP contribution in [0.25, 0.3) is 0 Å². The molecule has 1 aromatic carbocycles. The zero-order valence-corrected chi connectivity index (χ0v) is 13.4. The van der Waals surface area contributed by atoms with E-state index in [4.69, 9.17) is 4.74 Å². The van der Waals surface area contributed by atoms with Crippen LogP contribution in [0.5, 0.6) is 11.6 Å². The van der Waals surface area contributed by atoms with E-state index < -0.39 is 0 Å². The van der Waals surface area contributed by atoms with Gasteiger partial charge in [-0.1, -0.05) is 6.07 Å². The van der Waals surface area contributed by atoms with Gasteiger partial charge in [-0.15, -0.1) is 0 Å². The van der Waals surface area contributed by atoms with Crippen LogP contribution in [-0.4, -0.2) is 20.9 Å². The van der Waals surface area contributed by atoms with Crippen LogP contribution in [-0.2, 0) is 0 Å². The van der Waals surface area contributed by atoms with Gasteiger partial charge in [0.15, 0.2) is 0 Å². The van der Waals surface area contributed by atoms with E-state index in [1.807, 2.05) is 0 Å². The van der Waals surface area contributed by atoms with Crippen LogP contribution in [0.3, 0.4) is 0 Å². The molecule has 0 fully saturated rings. The van der Waals surface area contributed by atoms with Crippen molar-refractivity contribution in [1.82, 2.24) is 15.0 Å². The van der Waals surface area contributed by atoms with Gasteiger partial charge in [-0.25, -0.2) is 4.98 Å². The van der Waals surface area contributed by atoms with E-state index in [1.165, 1.54) is 12.4 Å². The summed E-state index contributed by atoms with van der Waals surface area (Å²) in [5.74, 6) is 0.679. The lowest BCUT2D eigenvalue weighted by Gasteiger charge is -2.08. The van der Waals surface area contributed by atoms with Crippen LogP contribution in [0.4, 0.5) is 5.69 Å². The number of pyridine rings is 1. The number of hydrogen-bond donors (Lipinski definition) is 1. The maximum atomic E-state index is 12.2. The molecule has 0 bridgehead atoms. The van der Waals surface area contributed by atoms with Crippen LogP contribution in [0.2, 0.25) is 0 Å². The Morgan fingerprint density at radius 3 is 2.78 bits per heavy atom. The second-order valence-corrected chi connectivity index (χ2v) is 5.44. The van der Waals surface area contributed by atoms with E-state index in [0.29, 0.717) is 22.9 Å². The standard InChI is InChI=1S/C16H11BrN4O2/c17-12-6-11(8-19-9-12)16(22)21-13-2-1-3-14(7-13)23-15-10-18-4-5-20-15/h1-10H,(H,21,22). The van der Waals surface area contributed by atoms with Gasteiger partial charge >= 0.3 is 0 Å². The normalized spacial score (nSPS) is 10.1. The first-order chi connectivity index (χ1) is 11.2. The van der Waals surface area contributed by atoms with Gasteiger partial charge in [0, 0.05) is 41.0 Å². The molecule has 0 spiro atoms. The largest absolute Gasteiger partial charge is 0.437 e. The molecule has 1 N–H and O–H groups in total. The Hall–Kier alpha value is -2.80. The third kappa shape index (κ3) is 4.10. The van der Waals surface area contributed by atoms with E-state index in [9.17, 15) is 4.79 Å². The first-order valence-electron chi connectivity index (χ1n) is 6.66. The number of nitrogens with zero attached hydrogens (tertiary/aromatic N) is 3. The smallest absolute Gasteiger partial charge is 0.257 e. The highest BCUT2D eigenvalue weighted by atomic mass is 79.9. The molecule has 1 amide bonds. The Bertz CT molecular complexity index is 827. The summed E-state index contributed by atoms with van der Waals surface area (Å²) in [7, 11) is 0. The molecule has 0 radical (unpaired) electrons. The summed E-state index contributed by atoms with van der Waals surface area (Å²) >= 11 is 3.29. The average molecular weight is 371 g/mol. The molecule has 3 rings (SSSR count). The summed E-state index contributed by atoms with van der Waals surface area (Å²) in [5, 5.41) is 2.80. The van der Waals surface area contributed by atoms with Crippen molar-refractivity contribution in [2.45, 2.75) is 0 Å². The second kappa shape index (κ2) is 6.97. The van der Waals surface area contributed by atoms with Crippen LogP contribution >= 0.6 is 15.9 Å². The number of benzene rings is 1. The van der Waals surface area contributed by atoms with Gasteiger partial charge < -0.3 is 10.1 Å². The molecule has 0 aliphatic rings. The minimum atomic E-state index is -0.254. The molecule has 0 unspecified atom stereocenters. The lowest BCUT2D eigenvalue weighted by molar-refractivity contribution is 0.102. The molecule has 7 heteroatoms. The number of hydrogen-bond acceptors (Lipinski definition) is 5. The van der Waals surface area contributed by atoms with E-state index >= 15 is 0 Å². The first kappa shape index (κ1) is 15.1. The van der Waals surface area contributed by atoms with Crippen molar-refractivity contribution < 1.29 is 9.53 Å². The van der Waals surface area contributed by atoms with Crippen LogP contribution < -0.4 is 10.1 Å². The number of aromatic nitrogens is 3. The number of nitrogens with one attached hydrogen (secondary N) is 1. The molecule has 2 aromatic heterocycles. The minimum absolute atomic E-state index is 0.254. The molecular weight excluding hydrogens is 360 g/mol. The van der Waals surface area contributed by atoms with Gasteiger partial charge in [0.25, 0.3) is 5.91 Å². The molecule has 0 aliphatic heterocycles. The molecule has 0 saturated carbocycles. The molecule has 0 aliphatic carbocycles. The topological polar surface area (TPSA) is 77.0 Å². The maximum Gasteiger partial charge on any atom is 0.257 e. The van der Waals surface area contributed by atoms with E-state index in [1.54, 1.807) is 48.9 Å². The Balaban J connectivity index is 1.74. The Labute approximate surface area is 140 Å². The third-order valence-corrected chi connectivity index (χ3v) is 3.25. The molecular formula is C16H11BrN4O2. The Morgan fingerprint density at radius 1 is 1.09 bits per heavy atom. The predicted octanol–water partition coefficient (Wildman–Crippen LogP) is 3.68. The Morgan fingerprint density at radius 2 is 2.00 bits per heavy atom. The predicted molar refractivity (Wildman–Crippen MR) is 88.4 cm³/mol. The molecule has 0 saturated heterocycles. The van der Waals surface area contributed by atoms with Crippen LogP contribution in [0, 0.1) is 0 Å². The number of carbonyl (C=O) groups is 1. The summed E-state index contributed by atoms with van der Waals surface area (Å²) in [6, 6.07) is 8.72. The van der Waals surface area contributed by atoms with Gasteiger partial charge in [0.2, 0.25) is 5.88 Å². The van der Waals surface area contributed by atoms with Crippen molar-refractivity contribution in [3.05, 3.63) is 71.4 Å². The molecule has 0 atom stereocenters. The number of amides is 1. The number of rotatable bonds is 4. The SMILES string of the molecule is O=C(Nc1cccc(Oc2cnccn2)c1)c1cncc(Br)c1. The lowest BCUT2D eigenvalue weighted by Crippen LogP contribution is -2.12. The zero-order valence-electron chi connectivity index (χ0n) is 11.8. The van der Waals surface area contributed by atoms with E-state index in [-0.39, 0.29) is 5.91 Å². The summed E-state index contributed by atoms with van der Waals surface area (Å²) in [6.45, 7) is 0. The van der Waals surface area contributed by atoms with Crippen molar-refractivity contribution >= 4 is 27.5 Å². The van der Waals surface area contributed by atoms with E-state index in [2.05, 4.69) is 36.2 Å². The Kier molecular flexibility index (Phi) is 4.58. The van der Waals surface area contributed by atoms with Crippen LogP contribution in [0.15, 0.2) is 65.8 Å². The molecule has 23 heavy (non-hydrogen) atoms. The van der Waals surface area contributed by atoms with Gasteiger partial charge in [-0.2, -0.15) is 0 Å². The highest BCUT2D eigenvalue weighted by Crippen LogP contribution is 2.22. The quantitative estimate of drug-likeness (QED) is 0.757. The van der Waals surface area contributed by atoms with Gasteiger partial charge in [-0.3, -0.25) is 14.8 Å². The highest BCUT2D eigenvalue weighted by molar-refractivity contribution is 9.10. The van der Waals surface area contributed by atoms with Crippen molar-refractivity contribution in [2.24, 2.45) is 0 Å². The summed E-state index contributed by atoms with van der Waals surface area (Å²) < 4.78 is 6.32. The van der Waals surface area contributed by atoms with Crippen molar-refractivity contribution in [3.8, 4) is 11.6 Å². The first-order valence-corrected chi connectivity index (χ1v) is 7.46. The van der Waals surface area contributed by atoms with Crippen LogP contribution in [0.1, 0.15) is 10.4 Å². The molecule has 2 heterocycles. The number of halogens is 1. The summed E-state index contributed by atoms with van der Waals surface area (Å²) in [5.41, 5.74) is 1.07. The monoisotopic (exact) mass is 370 g/mol. The number of anilines is 1. The number of carbonyl (C=O) groups excluding carboxylic acids is 1. The maximum absolute atomic E-state index is 12.2. The van der Waals surface area contributed by atoms with Gasteiger partial charge in [0.1, 0.15) is 5.75 Å². The summed E-state index contributed by atoms with van der Waals surface area (Å²) in [6.07, 6.45) is 7.74. The third-order valence-electron chi connectivity index (χ3n) is 2.82. The van der Waals surface area contributed by atoms with Gasteiger partial charge in [0.05, 0.1) is 11.8 Å². The van der Waals surface area contributed by atoms with Crippen molar-refractivity contribution in [2.75, 3.05) is 5.32 Å². The summed E-state index contributed by atoms with van der Waals surface area (Å²) in [4.78, 5) is 24.1. The van der Waals surface area contributed by atoms with E-state index in [0.717, 1.165) is 4.47 Å². The average Bonchev–Trinajstić information content (AvgIpc) is 2.56. The molecule has 3 aromatic rings. The van der Waals surface area contributed by atoms with Crippen molar-refractivity contribution in [3.63, 3.8) is 0 Å². The second-order valence-electron chi connectivity index (χ2n) is 4.52. The molecule has 114 valence electrons. The molecule has 6 nitrogen and oxygen atoms in total. The fourth-order valence-corrected chi connectivity index (χ4v) is 2.20. The van der Waals surface area contributed by atoms with Gasteiger partial charge in [-0.05, 0) is 34.1 Å². The zero-order chi connectivity index (χ0) is 16.1.